The second-order valence-electron chi connectivity index (χ2n) is 8.76. The average molecular weight is 427 g/mol. The molecule has 0 aliphatic rings. The number of benzene rings is 1. The minimum absolute atomic E-state index is 0.334. The molecule has 0 aliphatic heterocycles. The van der Waals surface area contributed by atoms with Gasteiger partial charge in [0.1, 0.15) is 11.5 Å². The van der Waals surface area contributed by atoms with Gasteiger partial charge in [0.15, 0.2) is 0 Å². The van der Waals surface area contributed by atoms with Crippen LogP contribution >= 0.6 is 0 Å². The molecular weight excluding hydrogens is 384 g/mol. The number of aromatic amines is 1. The molecule has 1 aromatic heterocycles. The molecule has 2 aromatic rings. The molecule has 0 saturated carbocycles. The maximum atomic E-state index is 10.9. The highest BCUT2D eigenvalue weighted by Crippen LogP contribution is 2.16. The molecule has 2 rings (SSSR count). The number of H-pyrrole nitrogens is 1. The zero-order chi connectivity index (χ0) is 22.0. The van der Waals surface area contributed by atoms with Crippen molar-refractivity contribution in [3.8, 4) is 5.75 Å². The zero-order valence-electron chi connectivity index (χ0n) is 19.5. The van der Waals surface area contributed by atoms with Crippen LogP contribution in [-0.4, -0.2) is 22.4 Å². The van der Waals surface area contributed by atoms with Crippen molar-refractivity contribution in [2.45, 2.75) is 103 Å². The Morgan fingerprint density at radius 2 is 1.39 bits per heavy atom. The number of carbonyl (C=O) groups excluding carboxylic acids is 1. The van der Waals surface area contributed by atoms with E-state index < -0.39 is 0 Å². The van der Waals surface area contributed by atoms with Gasteiger partial charge in [-0.05, 0) is 43.9 Å². The SMILES string of the molecule is CC(=O)CCCCCCCCCCCCCCc1ccc(OCCc2cnc[nH]2)cc1. The maximum Gasteiger partial charge on any atom is 0.129 e. The first-order valence-electron chi connectivity index (χ1n) is 12.4. The summed E-state index contributed by atoms with van der Waals surface area (Å²) in [4.78, 5) is 18.0. The molecule has 172 valence electrons. The first-order valence-corrected chi connectivity index (χ1v) is 12.4. The van der Waals surface area contributed by atoms with E-state index in [1.807, 2.05) is 6.20 Å². The van der Waals surface area contributed by atoms with Gasteiger partial charge in [0.05, 0.1) is 12.9 Å². The van der Waals surface area contributed by atoms with Gasteiger partial charge in [-0.3, -0.25) is 0 Å². The number of ether oxygens (including phenoxy) is 1. The van der Waals surface area contributed by atoms with Crippen LogP contribution in [0.4, 0.5) is 0 Å². The molecule has 0 saturated heterocycles. The second kappa shape index (κ2) is 16.6. The summed E-state index contributed by atoms with van der Waals surface area (Å²) in [5.74, 6) is 1.28. The van der Waals surface area contributed by atoms with E-state index in [-0.39, 0.29) is 0 Å². The Morgan fingerprint density at radius 1 is 0.806 bits per heavy atom. The smallest absolute Gasteiger partial charge is 0.129 e. The maximum absolute atomic E-state index is 10.9. The van der Waals surface area contributed by atoms with Gasteiger partial charge in [0.2, 0.25) is 0 Å². The van der Waals surface area contributed by atoms with Crippen LogP contribution in [0.5, 0.6) is 5.75 Å². The van der Waals surface area contributed by atoms with Crippen LogP contribution in [0.2, 0.25) is 0 Å². The largest absolute Gasteiger partial charge is 0.493 e. The first kappa shape index (κ1) is 25.2. The van der Waals surface area contributed by atoms with Gasteiger partial charge in [0.25, 0.3) is 0 Å². The second-order valence-corrected chi connectivity index (χ2v) is 8.76. The molecule has 4 nitrogen and oxygen atoms in total. The highest BCUT2D eigenvalue weighted by atomic mass is 16.5. The summed E-state index contributed by atoms with van der Waals surface area (Å²) < 4.78 is 5.81. The van der Waals surface area contributed by atoms with E-state index in [9.17, 15) is 4.79 Å². The van der Waals surface area contributed by atoms with Crippen LogP contribution in [0.1, 0.15) is 102 Å². The predicted molar refractivity (Wildman–Crippen MR) is 129 cm³/mol. The molecule has 0 radical (unpaired) electrons. The van der Waals surface area contributed by atoms with Gasteiger partial charge in [-0.2, -0.15) is 0 Å². The summed E-state index contributed by atoms with van der Waals surface area (Å²) in [6.07, 6.45) is 22.1. The van der Waals surface area contributed by atoms with Crippen LogP contribution in [0.3, 0.4) is 0 Å². The number of nitrogens with one attached hydrogen (secondary N) is 1. The Hall–Kier alpha value is -2.10. The minimum Gasteiger partial charge on any atom is -0.493 e. The van der Waals surface area contributed by atoms with E-state index in [2.05, 4.69) is 34.2 Å². The lowest BCUT2D eigenvalue weighted by Gasteiger charge is -2.07. The molecule has 0 fully saturated rings. The lowest BCUT2D eigenvalue weighted by Crippen LogP contribution is -2.01. The number of Topliss-reactive ketones (excluding diaryl/α,β-unsaturated/α-hetero) is 1. The number of aryl methyl sites for hydroxylation is 1. The van der Waals surface area contributed by atoms with E-state index in [0.29, 0.717) is 12.4 Å². The fourth-order valence-electron chi connectivity index (χ4n) is 3.92. The normalized spacial score (nSPS) is 11.0. The lowest BCUT2D eigenvalue weighted by atomic mass is 10.0. The Kier molecular flexibility index (Phi) is 13.5. The first-order chi connectivity index (χ1) is 15.2. The quantitative estimate of drug-likeness (QED) is 0.241. The highest BCUT2D eigenvalue weighted by molar-refractivity contribution is 5.75. The van der Waals surface area contributed by atoms with Crippen molar-refractivity contribution in [3.05, 3.63) is 48.0 Å². The van der Waals surface area contributed by atoms with Gasteiger partial charge in [-0.15, -0.1) is 0 Å². The topological polar surface area (TPSA) is 55.0 Å². The third-order valence-corrected chi connectivity index (χ3v) is 5.86. The van der Waals surface area contributed by atoms with Crippen molar-refractivity contribution >= 4 is 5.78 Å². The van der Waals surface area contributed by atoms with Crippen molar-refractivity contribution in [2.24, 2.45) is 0 Å². The van der Waals surface area contributed by atoms with E-state index in [4.69, 9.17) is 4.74 Å². The summed E-state index contributed by atoms with van der Waals surface area (Å²) in [6, 6.07) is 8.58. The molecule has 31 heavy (non-hydrogen) atoms. The number of hydrogen-bond donors (Lipinski definition) is 1. The Balaban J connectivity index is 1.36. The van der Waals surface area contributed by atoms with Crippen LogP contribution in [0.25, 0.3) is 0 Å². The molecule has 4 heteroatoms. The number of aromatic nitrogens is 2. The summed E-state index contributed by atoms with van der Waals surface area (Å²) in [5.41, 5.74) is 2.51. The van der Waals surface area contributed by atoms with Crippen LogP contribution in [0.15, 0.2) is 36.8 Å². The van der Waals surface area contributed by atoms with Crippen molar-refractivity contribution in [2.75, 3.05) is 6.61 Å². The lowest BCUT2D eigenvalue weighted by molar-refractivity contribution is -0.117. The van der Waals surface area contributed by atoms with Crippen molar-refractivity contribution in [3.63, 3.8) is 0 Å². The molecule has 0 unspecified atom stereocenters. The third-order valence-electron chi connectivity index (χ3n) is 5.86. The van der Waals surface area contributed by atoms with Crippen molar-refractivity contribution in [1.29, 1.82) is 0 Å². The fraction of sp³-hybridized carbons (Fsp3) is 0.630. The number of nitrogens with zero attached hydrogens (tertiary/aromatic N) is 1. The monoisotopic (exact) mass is 426 g/mol. The number of imidazole rings is 1. The fourth-order valence-corrected chi connectivity index (χ4v) is 3.92. The number of ketones is 1. The van der Waals surface area contributed by atoms with Crippen LogP contribution in [-0.2, 0) is 17.6 Å². The van der Waals surface area contributed by atoms with Gasteiger partial charge >= 0.3 is 0 Å². The van der Waals surface area contributed by atoms with Gasteiger partial charge in [-0.25, -0.2) is 4.98 Å². The highest BCUT2D eigenvalue weighted by Gasteiger charge is 1.99. The Labute approximate surface area is 189 Å². The van der Waals surface area contributed by atoms with E-state index in [1.54, 1.807) is 13.3 Å². The van der Waals surface area contributed by atoms with E-state index >= 15 is 0 Å². The Bertz CT molecular complexity index is 680. The van der Waals surface area contributed by atoms with Crippen molar-refractivity contribution in [1.82, 2.24) is 9.97 Å². The summed E-state index contributed by atoms with van der Waals surface area (Å²) >= 11 is 0. The summed E-state index contributed by atoms with van der Waals surface area (Å²) in [5, 5.41) is 0. The molecule has 0 amide bonds. The summed E-state index contributed by atoms with van der Waals surface area (Å²) in [7, 11) is 0. The summed E-state index contributed by atoms with van der Waals surface area (Å²) in [6.45, 7) is 2.36. The van der Waals surface area contributed by atoms with Crippen molar-refractivity contribution < 1.29 is 9.53 Å². The van der Waals surface area contributed by atoms with Crippen LogP contribution < -0.4 is 4.74 Å². The molecular formula is C27H42N2O2. The van der Waals surface area contributed by atoms with Gasteiger partial charge in [0, 0.05) is 24.7 Å². The predicted octanol–water partition coefficient (Wildman–Crippen LogP) is 7.23. The zero-order valence-corrected chi connectivity index (χ0v) is 19.5. The number of rotatable bonds is 19. The molecule has 0 atom stereocenters. The van der Waals surface area contributed by atoms with Gasteiger partial charge in [-0.1, -0.05) is 76.3 Å². The van der Waals surface area contributed by atoms with E-state index in [0.717, 1.165) is 37.1 Å². The molecule has 1 N–H and O–H groups in total. The van der Waals surface area contributed by atoms with Crippen LogP contribution in [0, 0.1) is 0 Å². The number of unbranched alkanes of at least 4 members (excludes halogenated alkanes) is 11. The molecule has 1 aromatic carbocycles. The molecule has 0 spiro atoms. The third kappa shape index (κ3) is 13.0. The average Bonchev–Trinajstić information content (AvgIpc) is 3.28. The van der Waals surface area contributed by atoms with E-state index in [1.165, 1.54) is 76.2 Å². The number of hydrogen-bond acceptors (Lipinski definition) is 3. The molecule has 0 aliphatic carbocycles. The number of carbonyl (C=O) groups is 1. The minimum atomic E-state index is 0.334. The standard InChI is InChI=1S/C27H42N2O2/c1-24(30)14-12-10-8-6-4-2-3-5-7-9-11-13-15-25-16-18-27(19-17-25)31-21-20-26-22-28-23-29-26/h16-19,22-23H,2-15,20-21H2,1H3,(H,28,29). The molecule has 1 heterocycles. The Morgan fingerprint density at radius 3 is 1.94 bits per heavy atom. The van der Waals surface area contributed by atoms with Gasteiger partial charge < -0.3 is 14.5 Å². The molecule has 0 bridgehead atoms.